The summed E-state index contributed by atoms with van der Waals surface area (Å²) in [5.41, 5.74) is 20.6. The van der Waals surface area contributed by atoms with E-state index < -0.39 is 0 Å². The van der Waals surface area contributed by atoms with Gasteiger partial charge in [0.05, 0.1) is 0 Å². The van der Waals surface area contributed by atoms with E-state index in [4.69, 9.17) is 0 Å². The van der Waals surface area contributed by atoms with Crippen LogP contribution in [0.25, 0.3) is 39.0 Å². The van der Waals surface area contributed by atoms with Crippen LogP contribution in [0.4, 0.5) is 17.1 Å². The van der Waals surface area contributed by atoms with Crippen LogP contribution in [0.5, 0.6) is 0 Å². The van der Waals surface area contributed by atoms with Gasteiger partial charge in [0, 0.05) is 23.0 Å². The van der Waals surface area contributed by atoms with Crippen LogP contribution < -0.4 is 4.90 Å². The average Bonchev–Trinajstić information content (AvgIpc) is 3.54. The fourth-order valence-corrected chi connectivity index (χ4v) is 8.40. The van der Waals surface area contributed by atoms with Gasteiger partial charge >= 0.3 is 0 Å². The van der Waals surface area contributed by atoms with Gasteiger partial charge in [-0.05, 0) is 141 Å². The van der Waals surface area contributed by atoms with Gasteiger partial charge in [-0.3, -0.25) is 0 Å². The second-order valence-electron chi connectivity index (χ2n) is 14.1. The molecule has 0 aromatic heterocycles. The van der Waals surface area contributed by atoms with E-state index in [1.54, 1.807) is 0 Å². The SMILES string of the molecule is CC1=C(c2cccc(N(c3ccccc3)c3ccc(-c4cccc(-c5ccc6c(c5)-c5ccccc5[C@H]6c5ccccc5)c4)cc3)c2C)CCC=C1. The second-order valence-corrected chi connectivity index (χ2v) is 14.1. The summed E-state index contributed by atoms with van der Waals surface area (Å²) in [6.45, 7) is 4.52. The Balaban J connectivity index is 1.06. The van der Waals surface area contributed by atoms with Crippen molar-refractivity contribution in [2.24, 2.45) is 0 Å². The molecular formula is C51H41N. The van der Waals surface area contributed by atoms with Crippen molar-refractivity contribution in [1.29, 1.82) is 0 Å². The number of benzene rings is 7. The van der Waals surface area contributed by atoms with Crippen molar-refractivity contribution >= 4 is 22.6 Å². The minimum Gasteiger partial charge on any atom is -0.310 e. The van der Waals surface area contributed by atoms with Crippen molar-refractivity contribution in [2.75, 3.05) is 4.90 Å². The highest BCUT2D eigenvalue weighted by atomic mass is 15.1. The Morgan fingerprint density at radius 1 is 0.481 bits per heavy atom. The molecule has 0 fully saturated rings. The van der Waals surface area contributed by atoms with Gasteiger partial charge in [-0.2, -0.15) is 0 Å². The quantitative estimate of drug-likeness (QED) is 0.163. The minimum atomic E-state index is 0.263. The van der Waals surface area contributed by atoms with Crippen LogP contribution in [0, 0.1) is 6.92 Å². The van der Waals surface area contributed by atoms with E-state index in [1.807, 2.05) is 0 Å². The highest BCUT2D eigenvalue weighted by Crippen LogP contribution is 2.49. The molecule has 0 aliphatic heterocycles. The lowest BCUT2D eigenvalue weighted by Gasteiger charge is -2.29. The molecule has 250 valence electrons. The predicted octanol–water partition coefficient (Wildman–Crippen LogP) is 14.1. The first-order chi connectivity index (χ1) is 25.6. The van der Waals surface area contributed by atoms with Crippen molar-refractivity contribution < 1.29 is 0 Å². The lowest BCUT2D eigenvalue weighted by atomic mass is 9.89. The van der Waals surface area contributed by atoms with Crippen LogP contribution in [0.1, 0.15) is 53.5 Å². The monoisotopic (exact) mass is 667 g/mol. The Labute approximate surface area is 307 Å². The van der Waals surface area contributed by atoms with Crippen LogP contribution in [-0.2, 0) is 0 Å². The van der Waals surface area contributed by atoms with Gasteiger partial charge in [0.25, 0.3) is 0 Å². The number of rotatable bonds is 7. The average molecular weight is 668 g/mol. The fourth-order valence-electron chi connectivity index (χ4n) is 8.40. The molecule has 0 radical (unpaired) electrons. The van der Waals surface area contributed by atoms with Gasteiger partial charge < -0.3 is 4.90 Å². The van der Waals surface area contributed by atoms with Crippen LogP contribution in [0.3, 0.4) is 0 Å². The van der Waals surface area contributed by atoms with Gasteiger partial charge in [-0.15, -0.1) is 0 Å². The Kier molecular flexibility index (Phi) is 8.25. The molecule has 1 atom stereocenters. The Morgan fingerprint density at radius 3 is 1.88 bits per heavy atom. The zero-order valence-corrected chi connectivity index (χ0v) is 29.8. The Hall–Kier alpha value is -6.18. The van der Waals surface area contributed by atoms with Gasteiger partial charge in [-0.1, -0.05) is 140 Å². The van der Waals surface area contributed by atoms with E-state index in [0.29, 0.717) is 0 Å². The molecule has 0 unspecified atom stereocenters. The molecular weight excluding hydrogens is 627 g/mol. The Bertz CT molecular complexity index is 2470. The molecule has 0 saturated carbocycles. The molecule has 2 aliphatic rings. The third-order valence-corrected chi connectivity index (χ3v) is 11.0. The van der Waals surface area contributed by atoms with Crippen LogP contribution in [0.2, 0.25) is 0 Å². The largest absolute Gasteiger partial charge is 0.310 e. The molecule has 0 spiro atoms. The summed E-state index contributed by atoms with van der Waals surface area (Å²) in [5.74, 6) is 0.263. The first-order valence-electron chi connectivity index (χ1n) is 18.4. The molecule has 0 amide bonds. The number of hydrogen-bond donors (Lipinski definition) is 0. The first-order valence-corrected chi connectivity index (χ1v) is 18.4. The maximum Gasteiger partial charge on any atom is 0.0496 e. The third kappa shape index (κ3) is 5.69. The Morgan fingerprint density at radius 2 is 1.10 bits per heavy atom. The molecule has 1 nitrogen and oxygen atoms in total. The normalized spacial score (nSPS) is 14.6. The van der Waals surface area contributed by atoms with E-state index in [-0.39, 0.29) is 5.92 Å². The van der Waals surface area contributed by atoms with Gasteiger partial charge in [0.15, 0.2) is 0 Å². The molecule has 9 rings (SSSR count). The molecule has 7 aromatic rings. The van der Waals surface area contributed by atoms with Gasteiger partial charge in [0.2, 0.25) is 0 Å². The fraction of sp³-hybridized carbons (Fsp3) is 0.0980. The molecule has 2 aliphatic carbocycles. The number of anilines is 3. The molecule has 0 bridgehead atoms. The summed E-state index contributed by atoms with van der Waals surface area (Å²) in [6, 6.07) is 62.4. The minimum absolute atomic E-state index is 0.263. The number of para-hydroxylation sites is 1. The van der Waals surface area contributed by atoms with E-state index in [9.17, 15) is 0 Å². The van der Waals surface area contributed by atoms with Crippen LogP contribution >= 0.6 is 0 Å². The third-order valence-electron chi connectivity index (χ3n) is 11.0. The van der Waals surface area contributed by atoms with Crippen molar-refractivity contribution in [1.82, 2.24) is 0 Å². The highest BCUT2D eigenvalue weighted by Gasteiger charge is 2.30. The first kappa shape index (κ1) is 31.8. The summed E-state index contributed by atoms with van der Waals surface area (Å²) in [6.07, 6.45) is 6.74. The summed E-state index contributed by atoms with van der Waals surface area (Å²) >= 11 is 0. The van der Waals surface area contributed by atoms with Crippen LogP contribution in [0.15, 0.2) is 188 Å². The van der Waals surface area contributed by atoms with E-state index in [1.165, 1.54) is 78.0 Å². The van der Waals surface area contributed by atoms with Crippen molar-refractivity contribution in [3.63, 3.8) is 0 Å². The summed E-state index contributed by atoms with van der Waals surface area (Å²) in [4.78, 5) is 2.40. The topological polar surface area (TPSA) is 3.24 Å². The lowest BCUT2D eigenvalue weighted by Crippen LogP contribution is -2.12. The maximum atomic E-state index is 2.40. The smallest absolute Gasteiger partial charge is 0.0496 e. The number of nitrogens with zero attached hydrogens (tertiary/aromatic N) is 1. The standard InChI is InChI=1S/C51H41N/c1-35-15-9-10-22-44(35)45-25-14-26-50(36(45)2)52(42-20-7-4-8-21-42)43-30-27-37(28-31-43)39-18-13-19-40(33-39)41-29-32-48-49(34-41)46-23-11-12-24-47(46)51(48)38-16-5-3-6-17-38/h3-9,11-21,23-34,51H,10,22H2,1-2H3/t51-/m1/s1. The van der Waals surface area contributed by atoms with E-state index >= 15 is 0 Å². The van der Waals surface area contributed by atoms with Crippen molar-refractivity contribution in [2.45, 2.75) is 32.6 Å². The van der Waals surface area contributed by atoms with Crippen LogP contribution in [-0.4, -0.2) is 0 Å². The highest BCUT2D eigenvalue weighted by molar-refractivity contribution is 5.87. The van der Waals surface area contributed by atoms with E-state index in [2.05, 4.69) is 201 Å². The van der Waals surface area contributed by atoms with Crippen molar-refractivity contribution in [3.8, 4) is 33.4 Å². The molecule has 52 heavy (non-hydrogen) atoms. The molecule has 0 heterocycles. The summed E-state index contributed by atoms with van der Waals surface area (Å²) in [7, 11) is 0. The molecule has 0 saturated heterocycles. The predicted molar refractivity (Wildman–Crippen MR) is 221 cm³/mol. The lowest BCUT2D eigenvalue weighted by molar-refractivity contribution is 1.02. The molecule has 7 aromatic carbocycles. The molecule has 0 N–H and O–H groups in total. The molecule has 1 heteroatoms. The number of allylic oxidation sites excluding steroid dienone is 4. The zero-order chi connectivity index (χ0) is 35.0. The van der Waals surface area contributed by atoms with Gasteiger partial charge in [-0.25, -0.2) is 0 Å². The summed E-state index contributed by atoms with van der Waals surface area (Å²) < 4.78 is 0. The maximum absolute atomic E-state index is 2.40. The number of hydrogen-bond acceptors (Lipinski definition) is 1. The second kappa shape index (κ2) is 13.5. The van der Waals surface area contributed by atoms with E-state index in [0.717, 1.165) is 24.2 Å². The zero-order valence-electron chi connectivity index (χ0n) is 29.8. The van der Waals surface area contributed by atoms with Gasteiger partial charge in [0.1, 0.15) is 0 Å². The summed E-state index contributed by atoms with van der Waals surface area (Å²) in [5, 5.41) is 0. The van der Waals surface area contributed by atoms with Crippen molar-refractivity contribution in [3.05, 3.63) is 215 Å². The number of fused-ring (bicyclic) bond motifs is 3.